The maximum atomic E-state index is 2.99. The van der Waals surface area contributed by atoms with Gasteiger partial charge in [0.25, 0.3) is 6.71 Å². The minimum absolute atomic E-state index is 0.0181. The quantitative estimate of drug-likeness (QED) is 0.159. The largest absolute Gasteiger partial charge is 0.335 e. The molecule has 0 aromatic heterocycles. The zero-order valence-corrected chi connectivity index (χ0v) is 46.0. The van der Waals surface area contributed by atoms with Gasteiger partial charge in [-0.2, -0.15) is 0 Å². The van der Waals surface area contributed by atoms with Crippen molar-refractivity contribution in [3.63, 3.8) is 0 Å². The fourth-order valence-corrected chi connectivity index (χ4v) is 17.1. The molecule has 2 fully saturated rings. The summed E-state index contributed by atoms with van der Waals surface area (Å²) in [6, 6.07) is 61.0. The highest BCUT2D eigenvalue weighted by Crippen LogP contribution is 2.67. The molecule has 4 atom stereocenters. The van der Waals surface area contributed by atoms with Crippen LogP contribution in [0.1, 0.15) is 140 Å². The Morgan fingerprint density at radius 1 is 0.458 bits per heavy atom. The molecule has 364 valence electrons. The van der Waals surface area contributed by atoms with Gasteiger partial charge in [0.1, 0.15) is 0 Å². The number of hydrogen-bond acceptors (Lipinski definition) is 3. The first-order chi connectivity index (χ1) is 34.3. The van der Waals surface area contributed by atoms with Gasteiger partial charge < -0.3 is 14.7 Å². The zero-order valence-electron chi connectivity index (χ0n) is 45.0. The maximum absolute atomic E-state index is 2.99. The minimum Gasteiger partial charge on any atom is -0.335 e. The van der Waals surface area contributed by atoms with Crippen LogP contribution in [0.2, 0.25) is 19.6 Å². The summed E-state index contributed by atoms with van der Waals surface area (Å²) in [5, 5.41) is 1.58. The second-order valence-electron chi connectivity index (χ2n) is 26.4. The van der Waals surface area contributed by atoms with Crippen LogP contribution in [0.15, 0.2) is 152 Å². The van der Waals surface area contributed by atoms with Crippen LogP contribution in [0, 0.1) is 0 Å². The highest BCUT2D eigenvalue weighted by molar-refractivity contribution is 7.01. The van der Waals surface area contributed by atoms with E-state index in [-0.39, 0.29) is 39.5 Å². The predicted molar refractivity (Wildman–Crippen MR) is 312 cm³/mol. The molecule has 3 nitrogen and oxygen atoms in total. The molecule has 0 saturated heterocycles. The molecule has 4 heterocycles. The van der Waals surface area contributed by atoms with Gasteiger partial charge in [0.05, 0.1) is 19.2 Å². The Bertz CT molecular complexity index is 3340. The first kappa shape index (κ1) is 46.0. The Balaban J connectivity index is 1.19. The van der Waals surface area contributed by atoms with E-state index in [1.54, 1.807) is 10.8 Å². The van der Waals surface area contributed by atoms with Crippen molar-refractivity contribution in [1.82, 2.24) is 0 Å². The molecule has 13 rings (SSSR count). The third-order valence-electron chi connectivity index (χ3n) is 19.5. The molecular weight excluding hydrogens is 886 g/mol. The molecule has 2 saturated carbocycles. The van der Waals surface area contributed by atoms with Gasteiger partial charge in [0, 0.05) is 50.6 Å². The molecule has 0 radical (unpaired) electrons. The number of nitrogens with zero attached hydrogens (tertiary/aromatic N) is 3. The average Bonchev–Trinajstić information content (AvgIpc) is 3.75. The van der Waals surface area contributed by atoms with Gasteiger partial charge in [-0.1, -0.05) is 207 Å². The highest BCUT2D eigenvalue weighted by Gasteiger charge is 2.65. The topological polar surface area (TPSA) is 9.72 Å². The van der Waals surface area contributed by atoms with Gasteiger partial charge in [-0.25, -0.2) is 0 Å². The summed E-state index contributed by atoms with van der Waals surface area (Å²) in [6.45, 7) is 27.3. The lowest BCUT2D eigenvalue weighted by Crippen LogP contribution is -2.65. The van der Waals surface area contributed by atoms with Gasteiger partial charge in [0.15, 0.2) is 0 Å². The Hall–Kier alpha value is -5.78. The van der Waals surface area contributed by atoms with Crippen molar-refractivity contribution in [2.45, 2.75) is 159 Å². The van der Waals surface area contributed by atoms with E-state index in [2.05, 4.69) is 241 Å². The highest BCUT2D eigenvalue weighted by atomic mass is 28.3. The Morgan fingerprint density at radius 2 is 1.03 bits per heavy atom. The molecule has 0 N–H and O–H groups in total. The monoisotopic (exact) mass is 960 g/mol. The van der Waals surface area contributed by atoms with Crippen molar-refractivity contribution < 1.29 is 0 Å². The lowest BCUT2D eigenvalue weighted by Gasteiger charge is -2.55. The summed E-state index contributed by atoms with van der Waals surface area (Å²) in [6.07, 6.45) is 9.41. The Kier molecular flexibility index (Phi) is 9.84. The lowest BCUT2D eigenvalue weighted by atomic mass is 9.33. The molecule has 0 bridgehead atoms. The van der Waals surface area contributed by atoms with E-state index in [1.165, 1.54) is 110 Å². The van der Waals surface area contributed by atoms with E-state index >= 15 is 0 Å². The third kappa shape index (κ3) is 6.04. The van der Waals surface area contributed by atoms with Crippen LogP contribution in [0.25, 0.3) is 0 Å². The number of hydrogen-bond donors (Lipinski definition) is 0. The average molecular weight is 960 g/mol. The summed E-state index contributed by atoms with van der Waals surface area (Å²) >= 11 is 0. The Morgan fingerprint density at radius 3 is 1.67 bits per heavy atom. The summed E-state index contributed by atoms with van der Waals surface area (Å²) < 4.78 is 0. The number of fused-ring (bicyclic) bond motifs is 10. The molecule has 7 aromatic carbocycles. The van der Waals surface area contributed by atoms with Crippen molar-refractivity contribution in [3.05, 3.63) is 185 Å². The van der Waals surface area contributed by atoms with E-state index in [1.807, 2.05) is 0 Å². The molecule has 0 amide bonds. The molecule has 2 aliphatic carbocycles. The van der Waals surface area contributed by atoms with Gasteiger partial charge >= 0.3 is 0 Å². The Labute approximate surface area is 432 Å². The maximum Gasteiger partial charge on any atom is 0.252 e. The SMILES string of the molecule is CC(C)(C)c1cccc(N2c3cc(C(C)(C)C)ccc3B3c4cc([Si](C)(C)C)cc5c4N(c4cc(N6c7ccccc7C7(c8ccccc8)CCCCC67C)cc2c43)C2(C)CCCCC52c2ccccc2)c1. The van der Waals surface area contributed by atoms with Crippen LogP contribution in [0.4, 0.5) is 39.8 Å². The fourth-order valence-electron chi connectivity index (χ4n) is 15.9. The third-order valence-corrected chi connectivity index (χ3v) is 21.5. The molecule has 0 spiro atoms. The van der Waals surface area contributed by atoms with Crippen molar-refractivity contribution in [1.29, 1.82) is 0 Å². The number of anilines is 7. The number of rotatable bonds is 5. The molecule has 5 heteroatoms. The normalized spacial score (nSPS) is 24.8. The van der Waals surface area contributed by atoms with Crippen LogP contribution in [0.3, 0.4) is 0 Å². The van der Waals surface area contributed by atoms with E-state index in [4.69, 9.17) is 0 Å². The number of benzene rings is 7. The van der Waals surface area contributed by atoms with Crippen LogP contribution in [-0.4, -0.2) is 25.9 Å². The minimum atomic E-state index is -1.84. The summed E-state index contributed by atoms with van der Waals surface area (Å²) in [5.41, 5.74) is 21.7. The lowest BCUT2D eigenvalue weighted by molar-refractivity contribution is 0.214. The first-order valence-electron chi connectivity index (χ1n) is 27.6. The predicted octanol–water partition coefficient (Wildman–Crippen LogP) is 15.0. The standard InChI is InChI=1S/C67H74BN3Si/c1-62(2,3)47-29-24-30-49(39-47)69-57-40-48(63(4,5)6)33-34-54(57)68-55-44-51(72(9,10)11)43-53-61(55)71(65(8)36-21-23-38-67(53,65)46-27-16-13-17-28-46)59-42-50(41-58(69)60(59)68)70-56-32-19-18-31-52(56)66(45-25-14-12-15-26-45)37-22-20-35-64(66,70)7/h12-19,24-34,39-44H,20-23,35-38H2,1-11H3. The first-order valence-corrected chi connectivity index (χ1v) is 31.1. The van der Waals surface area contributed by atoms with Crippen molar-refractivity contribution >= 4 is 76.2 Å². The van der Waals surface area contributed by atoms with E-state index < -0.39 is 8.07 Å². The number of para-hydroxylation sites is 1. The van der Waals surface area contributed by atoms with Crippen molar-refractivity contribution in [2.75, 3.05) is 14.7 Å². The molecule has 4 unspecified atom stereocenters. The van der Waals surface area contributed by atoms with Crippen LogP contribution in [-0.2, 0) is 21.7 Å². The summed E-state index contributed by atoms with van der Waals surface area (Å²) in [5.74, 6) is 0. The second-order valence-corrected chi connectivity index (χ2v) is 31.5. The molecule has 72 heavy (non-hydrogen) atoms. The van der Waals surface area contributed by atoms with Crippen LogP contribution >= 0.6 is 0 Å². The van der Waals surface area contributed by atoms with E-state index in [0.717, 1.165) is 25.7 Å². The van der Waals surface area contributed by atoms with Crippen molar-refractivity contribution in [2.24, 2.45) is 0 Å². The fraction of sp³-hybridized carbons (Fsp3) is 0.373. The van der Waals surface area contributed by atoms with E-state index in [0.29, 0.717) is 0 Å². The van der Waals surface area contributed by atoms with Crippen molar-refractivity contribution in [3.8, 4) is 0 Å². The summed E-state index contributed by atoms with van der Waals surface area (Å²) in [4.78, 5) is 8.59. The van der Waals surface area contributed by atoms with Crippen LogP contribution in [0.5, 0.6) is 0 Å². The molecule has 4 aliphatic heterocycles. The van der Waals surface area contributed by atoms with Gasteiger partial charge in [-0.15, -0.1) is 0 Å². The second kappa shape index (κ2) is 15.4. The van der Waals surface area contributed by atoms with Gasteiger partial charge in [-0.05, 0) is 137 Å². The van der Waals surface area contributed by atoms with E-state index in [9.17, 15) is 0 Å². The summed E-state index contributed by atoms with van der Waals surface area (Å²) in [7, 11) is -1.84. The van der Waals surface area contributed by atoms with Gasteiger partial charge in [0.2, 0.25) is 0 Å². The molecule has 6 aliphatic rings. The van der Waals surface area contributed by atoms with Gasteiger partial charge in [-0.3, -0.25) is 0 Å². The zero-order chi connectivity index (χ0) is 50.0. The van der Waals surface area contributed by atoms with Crippen LogP contribution < -0.4 is 36.3 Å². The smallest absolute Gasteiger partial charge is 0.252 e. The molecular formula is C67H74BN3Si. The molecule has 7 aromatic rings.